The number of aromatic nitrogens is 7. The van der Waals surface area contributed by atoms with Gasteiger partial charge >= 0.3 is 0 Å². The number of Topliss-reactive ketones (excluding diaryl/α,β-unsaturated/α-hetero) is 1. The fraction of sp³-hybridized carbons (Fsp3) is 0.368. The van der Waals surface area contributed by atoms with Crippen LogP contribution in [-0.2, 0) is 103 Å². The molecular weight excluding hydrogens is 1220 g/mol. The molecule has 8 atom stereocenters. The van der Waals surface area contributed by atoms with E-state index in [2.05, 4.69) is 89.5 Å². The summed E-state index contributed by atoms with van der Waals surface area (Å²) in [5, 5.41) is 3.14. The third kappa shape index (κ3) is 20.2. The van der Waals surface area contributed by atoms with Gasteiger partial charge in [0.05, 0.1) is 33.4 Å². The number of ketones is 1. The summed E-state index contributed by atoms with van der Waals surface area (Å²) < 4.78 is 11.6. The van der Waals surface area contributed by atoms with E-state index >= 15 is 0 Å². The summed E-state index contributed by atoms with van der Waals surface area (Å²) in [6.45, 7) is 4.33. The monoisotopic (exact) mass is 1310 g/mol. The number of fused-ring (bicyclic) bond motifs is 7. The Morgan fingerprint density at radius 2 is 0.875 bits per heavy atom. The molecule has 7 aliphatic rings. The first-order valence-corrected chi connectivity index (χ1v) is 33.8. The van der Waals surface area contributed by atoms with E-state index in [4.69, 9.17) is 42.2 Å². The van der Waals surface area contributed by atoms with E-state index in [1.54, 1.807) is 25.6 Å². The molecule has 0 aliphatic heterocycles. The molecule has 0 saturated heterocycles. The molecule has 96 heavy (non-hydrogen) atoms. The number of carbonyl (C=O) groups is 1. The van der Waals surface area contributed by atoms with Crippen LogP contribution in [-0.4, -0.2) is 100 Å². The van der Waals surface area contributed by atoms with Gasteiger partial charge in [0, 0.05) is 104 Å². The Morgan fingerprint density at radius 1 is 0.438 bits per heavy atom. The molecule has 7 aromatic heterocycles. The van der Waals surface area contributed by atoms with Gasteiger partial charge in [-0.2, -0.15) is 0 Å². The van der Waals surface area contributed by atoms with Gasteiger partial charge in [0.15, 0.2) is 5.78 Å². The van der Waals surface area contributed by atoms with E-state index in [0.29, 0.717) is 55.2 Å². The Balaban J connectivity index is 0.000000123. The maximum Gasteiger partial charge on any atom is 0.222 e. The molecule has 8 unspecified atom stereocenters. The number of nitrogens with one attached hydrogen (secondary N) is 1. The molecule has 502 valence electrons. The van der Waals surface area contributed by atoms with Crippen molar-refractivity contribution in [1.29, 1.82) is 0 Å². The summed E-state index contributed by atoms with van der Waals surface area (Å²) in [5.74, 6) is 6.12. The second-order valence-corrected chi connectivity index (χ2v) is 25.7. The van der Waals surface area contributed by atoms with Crippen molar-refractivity contribution in [3.05, 3.63) is 255 Å². The Kier molecular flexibility index (Phi) is 27.1. The number of benzene rings is 2. The minimum atomic E-state index is -0.117. The molecule has 2 aromatic carbocycles. The van der Waals surface area contributed by atoms with Crippen LogP contribution in [0.5, 0.6) is 23.3 Å². The second-order valence-electron chi connectivity index (χ2n) is 25.3. The highest BCUT2D eigenvalue weighted by atomic mass is 31.0. The Hall–Kier alpha value is -8.17. The van der Waals surface area contributed by atoms with Gasteiger partial charge < -0.3 is 37.5 Å². The van der Waals surface area contributed by atoms with Gasteiger partial charge in [0.2, 0.25) is 11.8 Å². The average molecular weight is 1320 g/mol. The summed E-state index contributed by atoms with van der Waals surface area (Å²) in [5.41, 5.74) is 41.0. The van der Waals surface area contributed by atoms with Crippen LogP contribution in [0.1, 0.15) is 82.7 Å². The lowest BCUT2D eigenvalue weighted by Gasteiger charge is -2.08. The third-order valence-corrected chi connectivity index (χ3v) is 18.6. The van der Waals surface area contributed by atoms with Gasteiger partial charge in [0.1, 0.15) is 11.5 Å². The Morgan fingerprint density at radius 3 is 1.43 bits per heavy atom. The molecule has 0 fully saturated rings. The number of para-hydroxylation sites is 2. The average Bonchev–Trinajstić information content (AvgIpc) is 1.90. The number of carbonyl (C=O) groups excluding carboxylic acids is 1. The van der Waals surface area contributed by atoms with Crippen molar-refractivity contribution < 1.29 is 33.8 Å². The van der Waals surface area contributed by atoms with Crippen LogP contribution in [0.2, 0.25) is 0 Å². The first-order chi connectivity index (χ1) is 47.1. The van der Waals surface area contributed by atoms with E-state index in [9.17, 15) is 4.79 Å². The number of hydrogen-bond donors (Lipinski definition) is 5. The molecule has 0 saturated carbocycles. The zero-order chi connectivity index (χ0) is 66.9. The summed E-state index contributed by atoms with van der Waals surface area (Å²) in [6, 6.07) is 34.1. The number of pyridine rings is 7. The van der Waals surface area contributed by atoms with Gasteiger partial charge in [-0.15, -0.1) is 0 Å². The van der Waals surface area contributed by atoms with Crippen molar-refractivity contribution in [3.63, 3.8) is 0 Å². The second kappa shape index (κ2) is 36.8. The van der Waals surface area contributed by atoms with Crippen LogP contribution in [0, 0.1) is 35.5 Å². The topological polar surface area (TPSA) is 279 Å². The zero-order valence-corrected chi connectivity index (χ0v) is 56.2. The van der Waals surface area contributed by atoms with Gasteiger partial charge in [0.25, 0.3) is 0 Å². The molecule has 0 bridgehead atoms. The van der Waals surface area contributed by atoms with Crippen molar-refractivity contribution in [2.75, 3.05) is 53.6 Å². The van der Waals surface area contributed by atoms with Crippen LogP contribution < -0.4 is 37.5 Å². The van der Waals surface area contributed by atoms with Crippen molar-refractivity contribution in [2.24, 2.45) is 58.4 Å². The molecule has 0 amide bonds. The van der Waals surface area contributed by atoms with Gasteiger partial charge in [-0.05, 0) is 260 Å². The summed E-state index contributed by atoms with van der Waals surface area (Å²) in [6.07, 6.45) is 36.0. The standard InChI is InChI=1S/2C15H16N2O.C10H11NO3.C10H13NO2.C9H13N2P.C9H12N2.C8H10N2/c16-9-11-6-12-8-15(17-10-13(12)7-11)18-14-4-2-1-3-5-14;16-10-11-8-12-6-7-17-15(14(12)9-11)18-13-4-2-1-3-5-13;1-13-14-6-8-4-7-5-11-3-2-9(7)10(8)12;1-12-13-7-8-4-9-2-3-11-6-10(9)5-8;12-11-5-7-3-8-1-2-10-6-9(8)4-7;10-5-7-3-8-1-2-11-6-9(8)4-7;9-8-3-6-1-2-10-5-7(6)4-8/h1-5,8,10-11H,6-7,9,16H2;1-7,11H,8-10,16H2;2-3,5,8H,4,6H2,1H3;2-3,6,8H,4-5,7H2,1H3;1-2,6-7,11H,3-5,12H2;1-2,6-7H,3-5,10H2;1-2,5,8H,3-4,9H2. The van der Waals surface area contributed by atoms with Crippen LogP contribution in [0.15, 0.2) is 177 Å². The molecular formula is C76H91N12O7P. The summed E-state index contributed by atoms with van der Waals surface area (Å²) in [4.78, 5) is 59.5. The van der Waals surface area contributed by atoms with Gasteiger partial charge in [-0.3, -0.25) is 29.7 Å². The quantitative estimate of drug-likeness (QED) is 0.0362. The zero-order valence-electron chi connectivity index (χ0n) is 55.1. The molecule has 16 rings (SSSR count). The molecule has 7 heterocycles. The van der Waals surface area contributed by atoms with Gasteiger partial charge in [-0.1, -0.05) is 45.8 Å². The van der Waals surface area contributed by atoms with Crippen LogP contribution in [0.25, 0.3) is 0 Å². The highest BCUT2D eigenvalue weighted by Gasteiger charge is 2.31. The van der Waals surface area contributed by atoms with Crippen molar-refractivity contribution in [1.82, 2.24) is 40.0 Å². The Labute approximate surface area is 566 Å². The van der Waals surface area contributed by atoms with Crippen LogP contribution in [0.3, 0.4) is 0 Å². The van der Waals surface area contributed by atoms with E-state index in [0.717, 1.165) is 125 Å². The molecule has 0 radical (unpaired) electrons. The largest absolute Gasteiger partial charge is 0.439 e. The van der Waals surface area contributed by atoms with Gasteiger partial charge in [-0.25, -0.2) is 29.5 Å². The fourth-order valence-electron chi connectivity index (χ4n) is 13.4. The lowest BCUT2D eigenvalue weighted by molar-refractivity contribution is -0.279. The summed E-state index contributed by atoms with van der Waals surface area (Å²) in [7, 11) is 5.54. The minimum Gasteiger partial charge on any atom is -0.439 e. The number of nitrogens with two attached hydrogens (primary N) is 4. The number of nitrogens with zero attached hydrogens (tertiary/aromatic N) is 7. The van der Waals surface area contributed by atoms with E-state index in [-0.39, 0.29) is 11.7 Å². The molecule has 0 spiro atoms. The maximum atomic E-state index is 11.7. The van der Waals surface area contributed by atoms with E-state index in [1.807, 2.05) is 129 Å². The molecule has 9 aromatic rings. The number of ether oxygens (including phenoxy) is 2. The SMILES string of the molecule is COOCC1Cc2ccncc2C1.COOCC1Cc2cnccc2C1=O.NC1Cc2ccncc2C1.NCC1Cc2ccnc(Oc3ccccc3)c2C1.NCC1Cc2ccncc2C1.NCC1Cc2cnc(Oc3ccccc3)cc2C1.PNCC1Cc2ccncc2C1. The first-order valence-electron chi connectivity index (χ1n) is 33.2. The van der Waals surface area contributed by atoms with Crippen molar-refractivity contribution in [2.45, 2.75) is 89.5 Å². The molecule has 9 N–H and O–H groups in total. The highest BCUT2D eigenvalue weighted by molar-refractivity contribution is 7.13. The van der Waals surface area contributed by atoms with Crippen molar-refractivity contribution in [3.8, 4) is 23.3 Å². The number of rotatable bonds is 15. The molecule has 19 nitrogen and oxygen atoms in total. The third-order valence-electron chi connectivity index (χ3n) is 18.4. The summed E-state index contributed by atoms with van der Waals surface area (Å²) >= 11 is 0. The van der Waals surface area contributed by atoms with Crippen molar-refractivity contribution >= 4 is 15.2 Å². The van der Waals surface area contributed by atoms with E-state index < -0.39 is 0 Å². The van der Waals surface area contributed by atoms with E-state index in [1.165, 1.54) is 86.7 Å². The molecule has 20 heteroatoms. The predicted octanol–water partition coefficient (Wildman–Crippen LogP) is 9.92. The normalized spacial score (nSPS) is 19.7. The lowest BCUT2D eigenvalue weighted by Crippen LogP contribution is -2.18. The minimum absolute atomic E-state index is 0.117. The first kappa shape index (κ1) is 70.6. The predicted molar refractivity (Wildman–Crippen MR) is 375 cm³/mol. The van der Waals surface area contributed by atoms with Crippen LogP contribution in [0.4, 0.5) is 0 Å². The Bertz CT molecular complexity index is 3780. The van der Waals surface area contributed by atoms with Crippen LogP contribution >= 0.6 is 9.39 Å². The maximum absolute atomic E-state index is 11.7. The number of hydrogen-bond acceptors (Lipinski definition) is 19. The lowest BCUT2D eigenvalue weighted by atomic mass is 10.1. The molecule has 7 aliphatic carbocycles. The smallest absolute Gasteiger partial charge is 0.222 e. The highest BCUT2D eigenvalue weighted by Crippen LogP contribution is 2.35. The fourth-order valence-corrected chi connectivity index (χ4v) is 13.7.